The topological polar surface area (TPSA) is 12.0 Å². The second-order valence-electron chi connectivity index (χ2n) is 4.74. The minimum absolute atomic E-state index is 0.351. The molecule has 0 bridgehead atoms. The molecule has 0 spiro atoms. The summed E-state index contributed by atoms with van der Waals surface area (Å²) in [5, 5.41) is 3.47. The Morgan fingerprint density at radius 2 is 2.06 bits per heavy atom. The maximum atomic E-state index is 3.87. The van der Waals surface area contributed by atoms with Crippen LogP contribution in [0.3, 0.4) is 0 Å². The number of hydrogen-bond donors (Lipinski definition) is 1. The van der Waals surface area contributed by atoms with Crippen molar-refractivity contribution in [2.45, 2.75) is 37.1 Å². The molecule has 1 aliphatic rings. The summed E-state index contributed by atoms with van der Waals surface area (Å²) in [6.07, 6.45) is 7.03. The van der Waals surface area contributed by atoms with Gasteiger partial charge in [0.1, 0.15) is 0 Å². The molecule has 0 aliphatic heterocycles. The average Bonchev–Trinajstić information content (AvgIpc) is 2.28. The molecular formula is C15H21N. The molecule has 1 unspecified atom stereocenters. The van der Waals surface area contributed by atoms with Crippen LogP contribution in [0.15, 0.2) is 43.0 Å². The van der Waals surface area contributed by atoms with Gasteiger partial charge in [0.15, 0.2) is 0 Å². The zero-order valence-corrected chi connectivity index (χ0v) is 10.1. The number of likely N-dealkylation sites (N-methyl/N-ethyl adjacent to an activating group) is 1. The summed E-state index contributed by atoms with van der Waals surface area (Å²) in [7, 11) is 2.07. The Kier molecular flexibility index (Phi) is 3.45. The maximum absolute atomic E-state index is 3.87. The summed E-state index contributed by atoms with van der Waals surface area (Å²) >= 11 is 0. The fourth-order valence-electron chi connectivity index (χ4n) is 2.95. The van der Waals surface area contributed by atoms with Crippen LogP contribution in [0, 0.1) is 0 Å². The lowest BCUT2D eigenvalue weighted by molar-refractivity contribution is 0.175. The van der Waals surface area contributed by atoms with Gasteiger partial charge < -0.3 is 5.32 Å². The van der Waals surface area contributed by atoms with Gasteiger partial charge in [-0.05, 0) is 31.9 Å². The third kappa shape index (κ3) is 1.80. The molecule has 0 heterocycles. The smallest absolute Gasteiger partial charge is 0.0195 e. The highest BCUT2D eigenvalue weighted by Gasteiger charge is 2.43. The van der Waals surface area contributed by atoms with E-state index in [1.54, 1.807) is 0 Å². The number of benzene rings is 1. The molecule has 1 N–H and O–H groups in total. The van der Waals surface area contributed by atoms with E-state index in [9.17, 15) is 0 Å². The highest BCUT2D eigenvalue weighted by atomic mass is 14.9. The highest BCUT2D eigenvalue weighted by molar-refractivity contribution is 5.30. The Labute approximate surface area is 98.6 Å². The van der Waals surface area contributed by atoms with Gasteiger partial charge >= 0.3 is 0 Å². The first-order valence-corrected chi connectivity index (χ1v) is 6.17. The summed E-state index contributed by atoms with van der Waals surface area (Å²) in [5.41, 5.74) is 1.84. The van der Waals surface area contributed by atoms with E-state index in [0.717, 1.165) is 6.42 Å². The lowest BCUT2D eigenvalue weighted by Crippen LogP contribution is -2.51. The zero-order valence-electron chi connectivity index (χ0n) is 10.1. The van der Waals surface area contributed by atoms with Crippen molar-refractivity contribution in [1.82, 2.24) is 5.32 Å². The van der Waals surface area contributed by atoms with Crippen LogP contribution in [0.5, 0.6) is 0 Å². The van der Waals surface area contributed by atoms with Gasteiger partial charge in [0.05, 0.1) is 0 Å². The van der Waals surface area contributed by atoms with Gasteiger partial charge in [0, 0.05) is 11.5 Å². The predicted molar refractivity (Wildman–Crippen MR) is 69.6 cm³/mol. The second kappa shape index (κ2) is 4.84. The van der Waals surface area contributed by atoms with Crippen LogP contribution in [0.2, 0.25) is 0 Å². The average molecular weight is 215 g/mol. The van der Waals surface area contributed by atoms with Crippen LogP contribution in [-0.2, 0) is 5.41 Å². The van der Waals surface area contributed by atoms with Gasteiger partial charge in [0.2, 0.25) is 0 Å². The normalized spacial score (nSPS) is 19.8. The van der Waals surface area contributed by atoms with Crippen molar-refractivity contribution in [3.05, 3.63) is 48.6 Å². The molecular weight excluding hydrogens is 194 g/mol. The predicted octanol–water partition coefficient (Wildman–Crippen LogP) is 3.27. The second-order valence-corrected chi connectivity index (χ2v) is 4.74. The van der Waals surface area contributed by atoms with Crippen LogP contribution in [0.25, 0.3) is 0 Å². The summed E-state index contributed by atoms with van der Waals surface area (Å²) in [4.78, 5) is 0. The Bertz CT molecular complexity index is 338. The van der Waals surface area contributed by atoms with Crippen molar-refractivity contribution in [3.63, 3.8) is 0 Å². The van der Waals surface area contributed by atoms with Crippen molar-refractivity contribution < 1.29 is 0 Å². The van der Waals surface area contributed by atoms with Gasteiger partial charge in [-0.1, -0.05) is 42.8 Å². The Hall–Kier alpha value is -1.08. The van der Waals surface area contributed by atoms with Crippen LogP contribution in [-0.4, -0.2) is 13.1 Å². The molecule has 1 heteroatoms. The first-order valence-electron chi connectivity index (χ1n) is 6.17. The summed E-state index contributed by atoms with van der Waals surface area (Å²) in [6, 6.07) is 11.5. The van der Waals surface area contributed by atoms with E-state index in [4.69, 9.17) is 0 Å². The van der Waals surface area contributed by atoms with Crippen LogP contribution in [0.1, 0.15) is 31.2 Å². The molecule has 16 heavy (non-hydrogen) atoms. The Morgan fingerprint density at radius 3 is 2.50 bits per heavy atom. The van der Waals surface area contributed by atoms with Crippen molar-refractivity contribution in [3.8, 4) is 0 Å². The van der Waals surface area contributed by atoms with E-state index in [1.165, 1.54) is 24.8 Å². The summed E-state index contributed by atoms with van der Waals surface area (Å²) in [6.45, 7) is 3.87. The molecule has 1 aromatic rings. The molecule has 1 saturated carbocycles. The first-order chi connectivity index (χ1) is 7.83. The minimum atomic E-state index is 0.351. The molecule has 0 aromatic heterocycles. The van der Waals surface area contributed by atoms with Crippen LogP contribution >= 0.6 is 0 Å². The summed E-state index contributed by atoms with van der Waals surface area (Å²) in [5.74, 6) is 0. The lowest BCUT2D eigenvalue weighted by Gasteiger charge is -2.48. The van der Waals surface area contributed by atoms with E-state index < -0.39 is 0 Å². The molecule has 0 amide bonds. The van der Waals surface area contributed by atoms with E-state index >= 15 is 0 Å². The minimum Gasteiger partial charge on any atom is -0.316 e. The van der Waals surface area contributed by atoms with Gasteiger partial charge in [-0.3, -0.25) is 0 Å². The van der Waals surface area contributed by atoms with Gasteiger partial charge in [-0.15, -0.1) is 6.58 Å². The molecule has 86 valence electrons. The highest BCUT2D eigenvalue weighted by Crippen LogP contribution is 2.47. The maximum Gasteiger partial charge on any atom is 0.0195 e. The number of nitrogens with one attached hydrogen (secondary N) is 1. The van der Waals surface area contributed by atoms with Crippen LogP contribution < -0.4 is 5.32 Å². The molecule has 1 aliphatic carbocycles. The van der Waals surface area contributed by atoms with Crippen LogP contribution in [0.4, 0.5) is 0 Å². The molecule has 1 atom stereocenters. The lowest BCUT2D eigenvalue weighted by atomic mass is 9.59. The van der Waals surface area contributed by atoms with Crippen molar-refractivity contribution >= 4 is 0 Å². The molecule has 0 saturated heterocycles. The third-order valence-electron chi connectivity index (χ3n) is 4.01. The van der Waals surface area contributed by atoms with E-state index in [0.29, 0.717) is 11.5 Å². The fraction of sp³-hybridized carbons (Fsp3) is 0.467. The largest absolute Gasteiger partial charge is 0.316 e. The number of hydrogen-bond acceptors (Lipinski definition) is 1. The fourth-order valence-corrected chi connectivity index (χ4v) is 2.95. The third-order valence-corrected chi connectivity index (χ3v) is 4.01. The van der Waals surface area contributed by atoms with Gasteiger partial charge in [-0.2, -0.15) is 0 Å². The molecule has 1 nitrogen and oxygen atoms in total. The van der Waals surface area contributed by atoms with Gasteiger partial charge in [-0.25, -0.2) is 0 Å². The molecule has 1 aromatic carbocycles. The molecule has 0 radical (unpaired) electrons. The number of rotatable bonds is 5. The van der Waals surface area contributed by atoms with E-state index in [-0.39, 0.29) is 0 Å². The van der Waals surface area contributed by atoms with Crippen molar-refractivity contribution in [1.29, 1.82) is 0 Å². The quantitative estimate of drug-likeness (QED) is 0.743. The summed E-state index contributed by atoms with van der Waals surface area (Å²) < 4.78 is 0. The molecule has 1 fully saturated rings. The Morgan fingerprint density at radius 1 is 1.38 bits per heavy atom. The van der Waals surface area contributed by atoms with Gasteiger partial charge in [0.25, 0.3) is 0 Å². The molecule has 2 rings (SSSR count). The monoisotopic (exact) mass is 215 g/mol. The SMILES string of the molecule is C=CCC(NC)C1(c2ccccc2)CCC1. The standard InChI is InChI=1S/C15H21N/c1-3-8-14(16-2)15(11-7-12-15)13-9-5-4-6-10-13/h3-6,9-10,14,16H,1,7-8,11-12H2,2H3. The van der Waals surface area contributed by atoms with Crippen molar-refractivity contribution in [2.24, 2.45) is 0 Å². The Balaban J connectivity index is 2.28. The first kappa shape index (κ1) is 11.4. The van der Waals surface area contributed by atoms with E-state index in [2.05, 4.69) is 49.3 Å². The van der Waals surface area contributed by atoms with Crippen molar-refractivity contribution in [2.75, 3.05) is 7.05 Å². The van der Waals surface area contributed by atoms with E-state index in [1.807, 2.05) is 6.08 Å². The zero-order chi connectivity index (χ0) is 11.4.